The zero-order valence-corrected chi connectivity index (χ0v) is 9.73. The zero-order chi connectivity index (χ0) is 11.4. The van der Waals surface area contributed by atoms with Crippen LogP contribution in [-0.4, -0.2) is 30.8 Å². The molecule has 0 radical (unpaired) electrons. The van der Waals surface area contributed by atoms with Crippen LogP contribution in [0.1, 0.15) is 25.5 Å². The number of oxazole rings is 1. The Kier molecular flexibility index (Phi) is 3.79. The average Bonchev–Trinajstić information content (AvgIpc) is 2.98. The maximum Gasteiger partial charge on any atom is 0.394 e. The van der Waals surface area contributed by atoms with E-state index in [1.807, 2.05) is 6.92 Å². The van der Waals surface area contributed by atoms with Crippen molar-refractivity contribution in [2.45, 2.75) is 38.5 Å². The van der Waals surface area contributed by atoms with Crippen LogP contribution in [0.5, 0.6) is 6.08 Å². The molecular weight excluding hydrogens is 208 g/mol. The van der Waals surface area contributed by atoms with Crippen LogP contribution in [0.25, 0.3) is 0 Å². The second-order valence-electron chi connectivity index (χ2n) is 4.14. The van der Waals surface area contributed by atoms with Crippen LogP contribution in [0.15, 0.2) is 10.7 Å². The highest BCUT2D eigenvalue weighted by molar-refractivity contribution is 5.00. The third kappa shape index (κ3) is 3.50. The van der Waals surface area contributed by atoms with Crippen LogP contribution < -0.4 is 10.1 Å². The molecule has 0 bridgehead atoms. The number of hydrogen-bond acceptors (Lipinski definition) is 5. The summed E-state index contributed by atoms with van der Waals surface area (Å²) in [6, 6.07) is 0.675. The van der Waals surface area contributed by atoms with E-state index in [4.69, 9.17) is 13.9 Å². The van der Waals surface area contributed by atoms with Gasteiger partial charge < -0.3 is 19.2 Å². The summed E-state index contributed by atoms with van der Waals surface area (Å²) < 4.78 is 15.6. The van der Waals surface area contributed by atoms with Gasteiger partial charge in [0.1, 0.15) is 12.4 Å². The monoisotopic (exact) mass is 226 g/mol. The van der Waals surface area contributed by atoms with Crippen molar-refractivity contribution in [3.63, 3.8) is 0 Å². The van der Waals surface area contributed by atoms with Gasteiger partial charge in [0.15, 0.2) is 0 Å². The molecule has 1 atom stereocenters. The fourth-order valence-electron chi connectivity index (χ4n) is 1.40. The van der Waals surface area contributed by atoms with Crippen LogP contribution in [0, 0.1) is 0 Å². The lowest BCUT2D eigenvalue weighted by Gasteiger charge is -2.08. The molecule has 1 aromatic rings. The quantitative estimate of drug-likeness (QED) is 0.760. The second kappa shape index (κ2) is 5.32. The lowest BCUT2D eigenvalue weighted by molar-refractivity contribution is 0.0705. The fraction of sp³-hybridized carbons (Fsp3) is 0.727. The molecule has 0 spiro atoms. The van der Waals surface area contributed by atoms with Crippen LogP contribution >= 0.6 is 0 Å². The van der Waals surface area contributed by atoms with E-state index in [9.17, 15) is 0 Å². The van der Waals surface area contributed by atoms with E-state index < -0.39 is 0 Å². The summed E-state index contributed by atoms with van der Waals surface area (Å²) in [6.45, 7) is 3.18. The van der Waals surface area contributed by atoms with Gasteiger partial charge in [-0.2, -0.15) is 4.98 Å². The first-order valence-corrected chi connectivity index (χ1v) is 5.61. The summed E-state index contributed by atoms with van der Waals surface area (Å²) >= 11 is 0. The van der Waals surface area contributed by atoms with E-state index in [0.717, 1.165) is 12.2 Å². The lowest BCUT2D eigenvalue weighted by Crippen LogP contribution is -2.18. The van der Waals surface area contributed by atoms with E-state index in [0.29, 0.717) is 18.7 Å². The van der Waals surface area contributed by atoms with Crippen LogP contribution in [0.3, 0.4) is 0 Å². The minimum absolute atomic E-state index is 0.0482. The molecule has 0 aliphatic heterocycles. The number of nitrogens with zero attached hydrogens (tertiary/aromatic N) is 1. The summed E-state index contributed by atoms with van der Waals surface area (Å²) in [5, 5.41) is 3.36. The number of aromatic nitrogens is 1. The predicted molar refractivity (Wildman–Crippen MR) is 58.3 cm³/mol. The highest BCUT2D eigenvalue weighted by Gasteiger charge is 2.20. The van der Waals surface area contributed by atoms with Crippen molar-refractivity contribution in [1.29, 1.82) is 0 Å². The minimum atomic E-state index is -0.0482. The third-order valence-corrected chi connectivity index (χ3v) is 2.38. The summed E-state index contributed by atoms with van der Waals surface area (Å²) in [6.07, 6.45) is 4.44. The molecule has 1 fully saturated rings. The second-order valence-corrected chi connectivity index (χ2v) is 4.14. The lowest BCUT2D eigenvalue weighted by atomic mass is 10.4. The Morgan fingerprint density at radius 2 is 2.44 bits per heavy atom. The Hall–Kier alpha value is -1.07. The molecule has 5 heteroatoms. The fourth-order valence-corrected chi connectivity index (χ4v) is 1.40. The number of hydrogen-bond donors (Lipinski definition) is 1. The molecule has 1 aromatic heterocycles. The molecule has 0 saturated heterocycles. The topological polar surface area (TPSA) is 56.5 Å². The van der Waals surface area contributed by atoms with Crippen molar-refractivity contribution in [3.8, 4) is 6.08 Å². The standard InChI is InChI=1S/C11H18N2O3/c1-8(6-14-2)16-11-13-10(7-15-11)5-12-9-3-4-9/h7-9,12H,3-6H2,1-2H3. The number of ether oxygens (including phenoxy) is 2. The molecule has 5 nitrogen and oxygen atoms in total. The average molecular weight is 226 g/mol. The molecule has 1 N–H and O–H groups in total. The summed E-state index contributed by atoms with van der Waals surface area (Å²) in [5.74, 6) is 0. The molecule has 0 amide bonds. The molecule has 0 aromatic carbocycles. The van der Waals surface area contributed by atoms with E-state index in [2.05, 4.69) is 10.3 Å². The Morgan fingerprint density at radius 3 is 3.12 bits per heavy atom. The van der Waals surface area contributed by atoms with Crippen molar-refractivity contribution in [1.82, 2.24) is 10.3 Å². The first-order valence-electron chi connectivity index (χ1n) is 5.61. The smallest absolute Gasteiger partial charge is 0.394 e. The minimum Gasteiger partial charge on any atom is -0.445 e. The number of rotatable bonds is 7. The molecule has 2 rings (SSSR count). The van der Waals surface area contributed by atoms with E-state index >= 15 is 0 Å². The number of nitrogens with one attached hydrogen (secondary N) is 1. The van der Waals surface area contributed by atoms with E-state index in [1.165, 1.54) is 12.8 Å². The van der Waals surface area contributed by atoms with Gasteiger partial charge in [-0.25, -0.2) is 0 Å². The first kappa shape index (κ1) is 11.4. The maximum atomic E-state index is 5.43. The van der Waals surface area contributed by atoms with Gasteiger partial charge in [-0.15, -0.1) is 0 Å². The highest BCUT2D eigenvalue weighted by atomic mass is 16.6. The van der Waals surface area contributed by atoms with E-state index in [1.54, 1.807) is 13.4 Å². The van der Waals surface area contributed by atoms with Gasteiger partial charge in [0.25, 0.3) is 0 Å². The Labute approximate surface area is 95.1 Å². The van der Waals surface area contributed by atoms with Gasteiger partial charge in [-0.1, -0.05) is 0 Å². The van der Waals surface area contributed by atoms with Crippen molar-refractivity contribution in [2.75, 3.05) is 13.7 Å². The Bertz CT molecular complexity index is 323. The van der Waals surface area contributed by atoms with Gasteiger partial charge in [0.05, 0.1) is 12.3 Å². The predicted octanol–water partition coefficient (Wildman–Crippen LogP) is 1.34. The SMILES string of the molecule is COCC(C)Oc1nc(CNC2CC2)co1. The Morgan fingerprint density at radius 1 is 1.62 bits per heavy atom. The largest absolute Gasteiger partial charge is 0.445 e. The molecule has 90 valence electrons. The van der Waals surface area contributed by atoms with Crippen molar-refractivity contribution < 1.29 is 13.9 Å². The number of methoxy groups -OCH3 is 1. The maximum absolute atomic E-state index is 5.43. The molecule has 16 heavy (non-hydrogen) atoms. The van der Waals surface area contributed by atoms with Gasteiger partial charge >= 0.3 is 6.08 Å². The Balaban J connectivity index is 1.76. The van der Waals surface area contributed by atoms with Crippen molar-refractivity contribution >= 4 is 0 Å². The molecular formula is C11H18N2O3. The first-order chi connectivity index (χ1) is 7.78. The zero-order valence-electron chi connectivity index (χ0n) is 9.73. The van der Waals surface area contributed by atoms with Crippen molar-refractivity contribution in [3.05, 3.63) is 12.0 Å². The highest BCUT2D eigenvalue weighted by Crippen LogP contribution is 2.19. The molecule has 1 aliphatic carbocycles. The van der Waals surface area contributed by atoms with Gasteiger partial charge in [-0.3, -0.25) is 0 Å². The van der Waals surface area contributed by atoms with Crippen LogP contribution in [-0.2, 0) is 11.3 Å². The van der Waals surface area contributed by atoms with Gasteiger partial charge in [-0.05, 0) is 19.8 Å². The van der Waals surface area contributed by atoms with Crippen LogP contribution in [0.4, 0.5) is 0 Å². The third-order valence-electron chi connectivity index (χ3n) is 2.38. The molecule has 1 saturated carbocycles. The van der Waals surface area contributed by atoms with Gasteiger partial charge in [0.2, 0.25) is 0 Å². The summed E-state index contributed by atoms with van der Waals surface area (Å²) in [4.78, 5) is 4.23. The molecule has 1 aliphatic rings. The summed E-state index contributed by atoms with van der Waals surface area (Å²) in [7, 11) is 1.64. The molecule has 1 unspecified atom stereocenters. The molecule has 1 heterocycles. The van der Waals surface area contributed by atoms with Crippen molar-refractivity contribution in [2.24, 2.45) is 0 Å². The van der Waals surface area contributed by atoms with E-state index in [-0.39, 0.29) is 6.10 Å². The van der Waals surface area contributed by atoms with Gasteiger partial charge in [0, 0.05) is 19.7 Å². The summed E-state index contributed by atoms with van der Waals surface area (Å²) in [5.41, 5.74) is 0.881. The van der Waals surface area contributed by atoms with Crippen LogP contribution in [0.2, 0.25) is 0 Å². The normalized spacial score (nSPS) is 17.4.